The minimum absolute atomic E-state index is 0.382. The van der Waals surface area contributed by atoms with Crippen molar-refractivity contribution >= 4 is 44.5 Å². The normalized spacial score (nSPS) is 11.8. The average molecular weight is 345 g/mol. The van der Waals surface area contributed by atoms with E-state index in [1.54, 1.807) is 6.20 Å². The molecule has 0 fully saturated rings. The number of rotatable bonds is 1. The van der Waals surface area contributed by atoms with Crippen molar-refractivity contribution in [2.45, 2.75) is 31.7 Å². The molecular weight excluding hydrogens is 330 g/mol. The Bertz CT molecular complexity index is 628. The van der Waals surface area contributed by atoms with Crippen LogP contribution in [-0.4, -0.2) is 16.3 Å². The van der Waals surface area contributed by atoms with E-state index in [1.807, 2.05) is 39.0 Å². The van der Waals surface area contributed by atoms with Gasteiger partial charge in [0.1, 0.15) is 5.60 Å². The Morgan fingerprint density at radius 1 is 1.42 bits per heavy atom. The molecule has 2 rings (SSSR count). The van der Waals surface area contributed by atoms with Crippen molar-refractivity contribution in [3.8, 4) is 0 Å². The minimum Gasteiger partial charge on any atom is -0.443 e. The fourth-order valence-electron chi connectivity index (χ4n) is 1.89. The number of alkyl halides is 1. The molecule has 0 spiro atoms. The van der Waals surface area contributed by atoms with Gasteiger partial charge in [-0.1, -0.05) is 27.5 Å². The summed E-state index contributed by atoms with van der Waals surface area (Å²) in [4.78, 5) is 12.2. The molecule has 0 atom stereocenters. The maximum Gasteiger partial charge on any atom is 0.419 e. The third kappa shape index (κ3) is 3.12. The molecule has 2 aromatic rings. The van der Waals surface area contributed by atoms with E-state index in [9.17, 15) is 4.79 Å². The van der Waals surface area contributed by atoms with Gasteiger partial charge in [-0.25, -0.2) is 4.79 Å². The van der Waals surface area contributed by atoms with Crippen LogP contribution >= 0.6 is 27.5 Å². The maximum atomic E-state index is 12.2. The first-order chi connectivity index (χ1) is 8.81. The van der Waals surface area contributed by atoms with Gasteiger partial charge in [0.15, 0.2) is 0 Å². The highest BCUT2D eigenvalue weighted by molar-refractivity contribution is 9.08. The molecule has 0 bridgehead atoms. The molecule has 0 N–H and O–H groups in total. The van der Waals surface area contributed by atoms with Crippen molar-refractivity contribution in [1.82, 2.24) is 4.57 Å². The zero-order chi connectivity index (χ0) is 14.2. The summed E-state index contributed by atoms with van der Waals surface area (Å²) in [5.41, 5.74) is 1.27. The van der Waals surface area contributed by atoms with Gasteiger partial charge in [0.05, 0.1) is 5.52 Å². The summed E-state index contributed by atoms with van der Waals surface area (Å²) in [5, 5.41) is 2.20. The van der Waals surface area contributed by atoms with E-state index >= 15 is 0 Å². The molecular formula is C14H15BrClNO2. The standard InChI is InChI=1S/C14H15BrClNO2/c1-14(2,3)19-13(18)17-5-4-9-6-11(16)7-10(8-15)12(9)17/h4-7H,8H2,1-3H3. The third-order valence-corrected chi connectivity index (χ3v) is 3.38. The number of nitrogens with zero attached hydrogens (tertiary/aromatic N) is 1. The summed E-state index contributed by atoms with van der Waals surface area (Å²) < 4.78 is 6.92. The maximum absolute atomic E-state index is 12.2. The number of aromatic nitrogens is 1. The molecule has 1 heterocycles. The molecule has 19 heavy (non-hydrogen) atoms. The van der Waals surface area contributed by atoms with Gasteiger partial charge < -0.3 is 4.74 Å². The Labute approximate surface area is 125 Å². The van der Waals surface area contributed by atoms with Crippen LogP contribution in [0.25, 0.3) is 10.9 Å². The molecule has 0 unspecified atom stereocenters. The summed E-state index contributed by atoms with van der Waals surface area (Å²) in [7, 11) is 0. The van der Waals surface area contributed by atoms with Crippen LogP contribution in [0.3, 0.4) is 0 Å². The van der Waals surface area contributed by atoms with Crippen molar-refractivity contribution in [3.05, 3.63) is 35.0 Å². The lowest BCUT2D eigenvalue weighted by atomic mass is 10.1. The van der Waals surface area contributed by atoms with Crippen molar-refractivity contribution in [2.24, 2.45) is 0 Å². The predicted octanol–water partition coefficient (Wildman–Crippen LogP) is 4.97. The predicted molar refractivity (Wildman–Crippen MR) is 81.2 cm³/mol. The summed E-state index contributed by atoms with van der Waals surface area (Å²) in [6.45, 7) is 5.54. The van der Waals surface area contributed by atoms with E-state index in [-0.39, 0.29) is 6.09 Å². The molecule has 0 aliphatic rings. The molecule has 0 radical (unpaired) electrons. The molecule has 0 aliphatic carbocycles. The van der Waals surface area contributed by atoms with Crippen molar-refractivity contribution in [1.29, 1.82) is 0 Å². The largest absolute Gasteiger partial charge is 0.443 e. The molecule has 5 heteroatoms. The highest BCUT2D eigenvalue weighted by Gasteiger charge is 2.20. The first kappa shape index (κ1) is 14.4. The topological polar surface area (TPSA) is 31.2 Å². The second kappa shape index (κ2) is 5.17. The lowest BCUT2D eigenvalue weighted by Gasteiger charge is -2.20. The van der Waals surface area contributed by atoms with Crippen molar-refractivity contribution in [3.63, 3.8) is 0 Å². The van der Waals surface area contributed by atoms with Crippen LogP contribution in [0.4, 0.5) is 4.79 Å². The van der Waals surface area contributed by atoms with E-state index in [2.05, 4.69) is 15.9 Å². The van der Waals surface area contributed by atoms with Gasteiger partial charge in [0, 0.05) is 21.9 Å². The van der Waals surface area contributed by atoms with Gasteiger partial charge in [-0.2, -0.15) is 0 Å². The molecule has 1 aromatic carbocycles. The van der Waals surface area contributed by atoms with Crippen molar-refractivity contribution < 1.29 is 9.53 Å². The fraction of sp³-hybridized carbons (Fsp3) is 0.357. The molecule has 0 saturated heterocycles. The Morgan fingerprint density at radius 3 is 2.68 bits per heavy atom. The summed E-state index contributed by atoms with van der Waals surface area (Å²) in [5.74, 6) is 0. The lowest BCUT2D eigenvalue weighted by Crippen LogP contribution is -2.26. The number of hydrogen-bond acceptors (Lipinski definition) is 2. The second-order valence-corrected chi connectivity index (χ2v) is 6.30. The Kier molecular flexibility index (Phi) is 3.92. The highest BCUT2D eigenvalue weighted by atomic mass is 79.9. The van der Waals surface area contributed by atoms with Gasteiger partial charge in [-0.05, 0) is 44.5 Å². The zero-order valence-corrected chi connectivity index (χ0v) is 13.4. The van der Waals surface area contributed by atoms with E-state index in [4.69, 9.17) is 16.3 Å². The third-order valence-electron chi connectivity index (χ3n) is 2.56. The minimum atomic E-state index is -0.519. The van der Waals surface area contributed by atoms with E-state index in [0.717, 1.165) is 16.5 Å². The number of carbonyl (C=O) groups is 1. The van der Waals surface area contributed by atoms with Crippen molar-refractivity contribution in [2.75, 3.05) is 0 Å². The monoisotopic (exact) mass is 343 g/mol. The van der Waals surface area contributed by atoms with Crippen LogP contribution in [0.5, 0.6) is 0 Å². The summed E-state index contributed by atoms with van der Waals surface area (Å²) in [6.07, 6.45) is 1.33. The highest BCUT2D eigenvalue weighted by Crippen LogP contribution is 2.27. The quantitative estimate of drug-likeness (QED) is 0.684. The van der Waals surface area contributed by atoms with Gasteiger partial charge in [-0.15, -0.1) is 0 Å². The first-order valence-electron chi connectivity index (χ1n) is 5.90. The first-order valence-corrected chi connectivity index (χ1v) is 7.40. The SMILES string of the molecule is CC(C)(C)OC(=O)n1ccc2cc(Cl)cc(CBr)c21. The number of hydrogen-bond donors (Lipinski definition) is 0. The molecule has 3 nitrogen and oxygen atoms in total. The smallest absolute Gasteiger partial charge is 0.419 e. The van der Waals surface area contributed by atoms with E-state index in [0.29, 0.717) is 10.4 Å². The Morgan fingerprint density at radius 2 is 2.11 bits per heavy atom. The van der Waals surface area contributed by atoms with Crippen LogP contribution in [-0.2, 0) is 10.1 Å². The van der Waals surface area contributed by atoms with Gasteiger partial charge in [0.2, 0.25) is 0 Å². The van der Waals surface area contributed by atoms with Crippen LogP contribution in [0.1, 0.15) is 26.3 Å². The van der Waals surface area contributed by atoms with E-state index < -0.39 is 5.60 Å². The second-order valence-electron chi connectivity index (χ2n) is 5.30. The molecule has 0 amide bonds. The Balaban J connectivity index is 2.53. The van der Waals surface area contributed by atoms with Crippen LogP contribution in [0.15, 0.2) is 24.4 Å². The number of ether oxygens (including phenoxy) is 1. The molecule has 1 aromatic heterocycles. The van der Waals surface area contributed by atoms with Crippen LogP contribution < -0.4 is 0 Å². The molecule has 0 saturated carbocycles. The zero-order valence-electron chi connectivity index (χ0n) is 11.0. The van der Waals surface area contributed by atoms with Crippen LogP contribution in [0, 0.1) is 0 Å². The summed E-state index contributed by atoms with van der Waals surface area (Å²) >= 11 is 9.47. The summed E-state index contributed by atoms with van der Waals surface area (Å²) in [6, 6.07) is 5.54. The van der Waals surface area contributed by atoms with Crippen LogP contribution in [0.2, 0.25) is 5.02 Å². The molecule has 102 valence electrons. The number of carbonyl (C=O) groups excluding carboxylic acids is 1. The van der Waals surface area contributed by atoms with Gasteiger partial charge in [-0.3, -0.25) is 4.57 Å². The van der Waals surface area contributed by atoms with Gasteiger partial charge >= 0.3 is 6.09 Å². The Hall–Kier alpha value is -1.000. The number of fused-ring (bicyclic) bond motifs is 1. The van der Waals surface area contributed by atoms with Gasteiger partial charge in [0.25, 0.3) is 0 Å². The number of halogens is 2. The lowest BCUT2D eigenvalue weighted by molar-refractivity contribution is 0.0544. The fourth-order valence-corrected chi connectivity index (χ4v) is 2.57. The molecule has 0 aliphatic heterocycles. The average Bonchev–Trinajstić information content (AvgIpc) is 2.69. The van der Waals surface area contributed by atoms with E-state index in [1.165, 1.54) is 4.57 Å². The number of benzene rings is 1.